The molecule has 2 N–H and O–H groups in total. The highest BCUT2D eigenvalue weighted by molar-refractivity contribution is 5.80. The van der Waals surface area contributed by atoms with Crippen molar-refractivity contribution in [2.24, 2.45) is 0 Å². The number of urea groups is 1. The number of carbonyl (C=O) groups excluding carboxylic acids is 1. The largest absolute Gasteiger partial charge is 0.480 e. The molecule has 17 heavy (non-hydrogen) atoms. The fourth-order valence-corrected chi connectivity index (χ4v) is 2.06. The van der Waals surface area contributed by atoms with Crippen LogP contribution >= 0.6 is 0 Å². The Morgan fingerprint density at radius 3 is 2.47 bits per heavy atom. The molecule has 0 unspecified atom stereocenters. The molecule has 1 aliphatic rings. The van der Waals surface area contributed by atoms with Crippen molar-refractivity contribution >= 4 is 12.0 Å². The zero-order valence-electron chi connectivity index (χ0n) is 10.2. The van der Waals surface area contributed by atoms with Crippen molar-refractivity contribution in [3.05, 3.63) is 12.2 Å². The van der Waals surface area contributed by atoms with E-state index in [1.807, 2.05) is 6.92 Å². The van der Waals surface area contributed by atoms with Crippen LogP contribution in [0.3, 0.4) is 0 Å². The van der Waals surface area contributed by atoms with Crippen LogP contribution in [0.5, 0.6) is 0 Å². The molecule has 0 radical (unpaired) electrons. The predicted octanol–water partition coefficient (Wildman–Crippen LogP) is 1.60. The lowest BCUT2D eigenvalue weighted by atomic mass is 10.2. The molecule has 0 aromatic carbocycles. The van der Waals surface area contributed by atoms with Gasteiger partial charge in [0, 0.05) is 12.6 Å². The van der Waals surface area contributed by atoms with E-state index in [4.69, 9.17) is 5.11 Å². The van der Waals surface area contributed by atoms with Gasteiger partial charge < -0.3 is 15.3 Å². The second-order valence-electron chi connectivity index (χ2n) is 4.58. The molecule has 1 saturated carbocycles. The molecule has 0 bridgehead atoms. The Hall–Kier alpha value is -1.52. The first-order valence-corrected chi connectivity index (χ1v) is 5.91. The molecule has 5 heteroatoms. The van der Waals surface area contributed by atoms with Crippen LogP contribution in [0.2, 0.25) is 0 Å². The van der Waals surface area contributed by atoms with E-state index < -0.39 is 5.97 Å². The Bertz CT molecular complexity index is 309. The van der Waals surface area contributed by atoms with Gasteiger partial charge >= 0.3 is 12.0 Å². The van der Waals surface area contributed by atoms with Gasteiger partial charge in [0.25, 0.3) is 0 Å². The summed E-state index contributed by atoms with van der Waals surface area (Å²) in [5.74, 6) is -0.970. The fraction of sp³-hybridized carbons (Fsp3) is 0.667. The normalized spacial score (nSPS) is 15.6. The average molecular weight is 240 g/mol. The average Bonchev–Trinajstić information content (AvgIpc) is 2.75. The lowest BCUT2D eigenvalue weighted by Crippen LogP contribution is -2.47. The summed E-state index contributed by atoms with van der Waals surface area (Å²) >= 11 is 0. The van der Waals surface area contributed by atoms with Gasteiger partial charge in [0.2, 0.25) is 0 Å². The maximum atomic E-state index is 11.9. The number of amides is 2. The van der Waals surface area contributed by atoms with Crippen molar-refractivity contribution < 1.29 is 14.7 Å². The molecule has 2 amide bonds. The van der Waals surface area contributed by atoms with E-state index in [9.17, 15) is 9.59 Å². The zero-order valence-corrected chi connectivity index (χ0v) is 10.2. The van der Waals surface area contributed by atoms with Gasteiger partial charge in [-0.1, -0.05) is 25.0 Å². The topological polar surface area (TPSA) is 69.6 Å². The third kappa shape index (κ3) is 4.46. The number of hydrogen-bond acceptors (Lipinski definition) is 2. The van der Waals surface area contributed by atoms with E-state index in [0.29, 0.717) is 6.54 Å². The molecule has 0 saturated heterocycles. The smallest absolute Gasteiger partial charge is 0.323 e. The number of carbonyl (C=O) groups is 2. The molecule has 0 aromatic rings. The number of nitrogens with zero attached hydrogens (tertiary/aromatic N) is 1. The number of hydrogen-bond donors (Lipinski definition) is 2. The van der Waals surface area contributed by atoms with Crippen LogP contribution in [0.25, 0.3) is 0 Å². The van der Waals surface area contributed by atoms with E-state index in [-0.39, 0.29) is 18.6 Å². The Labute approximate surface area is 101 Å². The summed E-state index contributed by atoms with van der Waals surface area (Å²) in [6.45, 7) is 5.67. The number of carboxylic acids is 1. The number of nitrogens with one attached hydrogen (secondary N) is 1. The van der Waals surface area contributed by atoms with Gasteiger partial charge in [-0.25, -0.2) is 4.79 Å². The number of rotatable bonds is 5. The van der Waals surface area contributed by atoms with Crippen molar-refractivity contribution in [3.8, 4) is 0 Å². The van der Waals surface area contributed by atoms with Crippen molar-refractivity contribution in [1.82, 2.24) is 10.2 Å². The Balaban J connectivity index is 2.57. The van der Waals surface area contributed by atoms with Gasteiger partial charge in [0.1, 0.15) is 6.54 Å². The Morgan fingerprint density at radius 1 is 1.41 bits per heavy atom. The summed E-state index contributed by atoms with van der Waals surface area (Å²) in [7, 11) is 0. The molecule has 0 aliphatic heterocycles. The minimum atomic E-state index is -0.970. The quantitative estimate of drug-likeness (QED) is 0.717. The lowest BCUT2D eigenvalue weighted by molar-refractivity contribution is -0.138. The monoisotopic (exact) mass is 240 g/mol. The summed E-state index contributed by atoms with van der Waals surface area (Å²) in [6, 6.07) is -0.237. The molecule has 5 nitrogen and oxygen atoms in total. The SMILES string of the molecule is C=C(C)CNC(=O)N(CC(=O)O)C1CCCC1. The van der Waals surface area contributed by atoms with Gasteiger partial charge in [0.15, 0.2) is 0 Å². The first-order chi connectivity index (χ1) is 8.00. The number of aliphatic carboxylic acids is 1. The van der Waals surface area contributed by atoms with Crippen LogP contribution < -0.4 is 5.32 Å². The van der Waals surface area contributed by atoms with Gasteiger partial charge in [-0.15, -0.1) is 0 Å². The molecule has 0 heterocycles. The first kappa shape index (κ1) is 13.5. The molecular formula is C12H20N2O3. The molecule has 1 rings (SSSR count). The molecule has 96 valence electrons. The highest BCUT2D eigenvalue weighted by Crippen LogP contribution is 2.23. The molecular weight excluding hydrogens is 220 g/mol. The highest BCUT2D eigenvalue weighted by atomic mass is 16.4. The minimum Gasteiger partial charge on any atom is -0.480 e. The maximum absolute atomic E-state index is 11.9. The van der Waals surface area contributed by atoms with Crippen LogP contribution in [-0.2, 0) is 4.79 Å². The first-order valence-electron chi connectivity index (χ1n) is 5.91. The summed E-state index contributed by atoms with van der Waals surface area (Å²) in [6.07, 6.45) is 3.92. The van der Waals surface area contributed by atoms with Crippen molar-refractivity contribution in [1.29, 1.82) is 0 Å². The summed E-state index contributed by atoms with van der Waals surface area (Å²) in [5.41, 5.74) is 0.847. The van der Waals surface area contributed by atoms with Crippen LogP contribution in [0.4, 0.5) is 4.79 Å². The second kappa shape index (κ2) is 6.27. The molecule has 0 aromatic heterocycles. The molecule has 0 spiro atoms. The third-order valence-corrected chi connectivity index (χ3v) is 2.87. The van der Waals surface area contributed by atoms with Gasteiger partial charge in [-0.2, -0.15) is 0 Å². The molecule has 1 aliphatic carbocycles. The molecule has 0 atom stereocenters. The minimum absolute atomic E-state index is 0.0659. The standard InChI is InChI=1S/C12H20N2O3/c1-9(2)7-13-12(17)14(8-11(15)16)10-5-3-4-6-10/h10H,1,3-8H2,2H3,(H,13,17)(H,15,16). The van der Waals surface area contributed by atoms with E-state index in [1.54, 1.807) is 0 Å². The van der Waals surface area contributed by atoms with E-state index in [0.717, 1.165) is 31.3 Å². The van der Waals surface area contributed by atoms with E-state index >= 15 is 0 Å². The summed E-state index contributed by atoms with van der Waals surface area (Å²) in [5, 5.41) is 11.5. The number of carboxylic acid groups (broad SMARTS) is 1. The van der Waals surface area contributed by atoms with Gasteiger partial charge in [-0.3, -0.25) is 4.79 Å². The second-order valence-corrected chi connectivity index (χ2v) is 4.58. The van der Waals surface area contributed by atoms with Crippen molar-refractivity contribution in [2.75, 3.05) is 13.1 Å². The fourth-order valence-electron chi connectivity index (χ4n) is 2.06. The van der Waals surface area contributed by atoms with E-state index in [1.165, 1.54) is 4.90 Å². The van der Waals surface area contributed by atoms with Gasteiger partial charge in [-0.05, 0) is 19.8 Å². The third-order valence-electron chi connectivity index (χ3n) is 2.87. The van der Waals surface area contributed by atoms with E-state index in [2.05, 4.69) is 11.9 Å². The summed E-state index contributed by atoms with van der Waals surface area (Å²) in [4.78, 5) is 24.1. The Kier molecular flexibility index (Phi) is 5.00. The predicted molar refractivity (Wildman–Crippen MR) is 64.8 cm³/mol. The molecule has 1 fully saturated rings. The zero-order chi connectivity index (χ0) is 12.8. The Morgan fingerprint density at radius 2 is 2.00 bits per heavy atom. The maximum Gasteiger partial charge on any atom is 0.323 e. The van der Waals surface area contributed by atoms with Crippen LogP contribution in [0.15, 0.2) is 12.2 Å². The lowest BCUT2D eigenvalue weighted by Gasteiger charge is -2.27. The summed E-state index contributed by atoms with van der Waals surface area (Å²) < 4.78 is 0. The van der Waals surface area contributed by atoms with Gasteiger partial charge in [0.05, 0.1) is 0 Å². The van der Waals surface area contributed by atoms with Crippen LogP contribution in [-0.4, -0.2) is 41.1 Å². The van der Waals surface area contributed by atoms with Crippen LogP contribution in [0, 0.1) is 0 Å². The van der Waals surface area contributed by atoms with Crippen LogP contribution in [0.1, 0.15) is 32.6 Å². The van der Waals surface area contributed by atoms with Crippen molar-refractivity contribution in [2.45, 2.75) is 38.6 Å². The van der Waals surface area contributed by atoms with Crippen molar-refractivity contribution in [3.63, 3.8) is 0 Å². The highest BCUT2D eigenvalue weighted by Gasteiger charge is 2.27.